The molecule has 2 rings (SSSR count). The molecule has 122 valence electrons. The van der Waals surface area contributed by atoms with Gasteiger partial charge in [-0.1, -0.05) is 6.92 Å². The van der Waals surface area contributed by atoms with Crippen molar-refractivity contribution in [1.82, 2.24) is 14.7 Å². The van der Waals surface area contributed by atoms with Gasteiger partial charge in [0.1, 0.15) is 11.4 Å². The van der Waals surface area contributed by atoms with E-state index < -0.39 is 11.0 Å². The van der Waals surface area contributed by atoms with E-state index in [1.807, 2.05) is 6.92 Å². The van der Waals surface area contributed by atoms with E-state index in [4.69, 9.17) is 0 Å². The summed E-state index contributed by atoms with van der Waals surface area (Å²) in [4.78, 5) is 24.4. The molecule has 2 atom stereocenters. The maximum atomic E-state index is 12.2. The zero-order chi connectivity index (χ0) is 16.4. The van der Waals surface area contributed by atoms with Gasteiger partial charge in [0.25, 0.3) is 0 Å². The molecule has 0 saturated carbocycles. The standard InChI is InChI=1S/C14H22N4O4/c1-9-4-6-16(8-12(9)19)13(20)5-7-17-11(3)14(18(21)22)10(2)15-17/h9,12,19H,4-8H2,1-3H3. The van der Waals surface area contributed by atoms with Crippen LogP contribution in [0.4, 0.5) is 5.69 Å². The number of carbonyl (C=O) groups is 1. The van der Waals surface area contributed by atoms with Crippen LogP contribution in [-0.4, -0.2) is 49.8 Å². The molecule has 8 heteroatoms. The first-order valence-corrected chi connectivity index (χ1v) is 7.45. The van der Waals surface area contributed by atoms with Crippen LogP contribution in [-0.2, 0) is 11.3 Å². The molecule has 1 aliphatic heterocycles. The SMILES string of the molecule is Cc1nn(CCC(=O)N2CCC(C)C(O)C2)c(C)c1[N+](=O)[O-]. The monoisotopic (exact) mass is 310 g/mol. The molecule has 1 fully saturated rings. The second-order valence-electron chi connectivity index (χ2n) is 5.92. The number of rotatable bonds is 4. The molecule has 1 aliphatic rings. The summed E-state index contributed by atoms with van der Waals surface area (Å²) in [6.45, 7) is 6.51. The van der Waals surface area contributed by atoms with Gasteiger partial charge in [0.15, 0.2) is 0 Å². The third-order valence-electron chi connectivity index (χ3n) is 4.33. The number of β-amino-alcohol motifs (C(OH)–C–C–N with tert-alkyl or cyclic N) is 1. The van der Waals surface area contributed by atoms with Gasteiger partial charge in [-0.2, -0.15) is 5.10 Å². The third-order valence-corrected chi connectivity index (χ3v) is 4.33. The average Bonchev–Trinajstić information content (AvgIpc) is 2.73. The van der Waals surface area contributed by atoms with E-state index in [2.05, 4.69) is 5.10 Å². The highest BCUT2D eigenvalue weighted by molar-refractivity contribution is 5.76. The first-order valence-electron chi connectivity index (χ1n) is 7.45. The highest BCUT2D eigenvalue weighted by Crippen LogP contribution is 2.22. The Kier molecular flexibility index (Phi) is 4.80. The molecule has 1 amide bonds. The van der Waals surface area contributed by atoms with E-state index in [-0.39, 0.29) is 23.9 Å². The van der Waals surface area contributed by atoms with E-state index in [1.165, 1.54) is 4.68 Å². The molecule has 0 spiro atoms. The lowest BCUT2D eigenvalue weighted by Gasteiger charge is -2.34. The fourth-order valence-electron chi connectivity index (χ4n) is 2.80. The van der Waals surface area contributed by atoms with Crippen LogP contribution in [0, 0.1) is 29.9 Å². The first kappa shape index (κ1) is 16.4. The lowest BCUT2D eigenvalue weighted by atomic mass is 9.96. The predicted molar refractivity (Wildman–Crippen MR) is 79.3 cm³/mol. The maximum absolute atomic E-state index is 12.2. The minimum atomic E-state index is -0.479. The normalized spacial score (nSPS) is 21.9. The molecule has 2 heterocycles. The van der Waals surface area contributed by atoms with E-state index in [0.717, 1.165) is 6.42 Å². The van der Waals surface area contributed by atoms with Crippen molar-refractivity contribution in [2.75, 3.05) is 13.1 Å². The van der Waals surface area contributed by atoms with Gasteiger partial charge in [0.05, 0.1) is 17.6 Å². The maximum Gasteiger partial charge on any atom is 0.312 e. The summed E-state index contributed by atoms with van der Waals surface area (Å²) in [6, 6.07) is 0. The lowest BCUT2D eigenvalue weighted by Crippen LogP contribution is -2.46. The molecule has 1 N–H and O–H groups in total. The number of hydrogen-bond donors (Lipinski definition) is 1. The summed E-state index contributed by atoms with van der Waals surface area (Å²) in [5.41, 5.74) is 0.828. The van der Waals surface area contributed by atoms with Crippen LogP contribution >= 0.6 is 0 Å². The highest BCUT2D eigenvalue weighted by atomic mass is 16.6. The van der Waals surface area contributed by atoms with E-state index in [1.54, 1.807) is 18.7 Å². The second-order valence-corrected chi connectivity index (χ2v) is 5.92. The fraction of sp³-hybridized carbons (Fsp3) is 0.714. The molecule has 0 bridgehead atoms. The van der Waals surface area contributed by atoms with Gasteiger partial charge in [-0.3, -0.25) is 19.6 Å². The minimum absolute atomic E-state index is 0.00895. The Morgan fingerprint density at radius 1 is 1.50 bits per heavy atom. The fourth-order valence-corrected chi connectivity index (χ4v) is 2.80. The van der Waals surface area contributed by atoms with Crippen LogP contribution in [0.1, 0.15) is 31.2 Å². The molecular formula is C14H22N4O4. The minimum Gasteiger partial charge on any atom is -0.391 e. The number of amides is 1. The molecular weight excluding hydrogens is 288 g/mol. The zero-order valence-electron chi connectivity index (χ0n) is 13.2. The average molecular weight is 310 g/mol. The number of aromatic nitrogens is 2. The second kappa shape index (κ2) is 6.43. The van der Waals surface area contributed by atoms with Gasteiger partial charge in [-0.05, 0) is 26.2 Å². The number of aliphatic hydroxyl groups excluding tert-OH is 1. The van der Waals surface area contributed by atoms with Crippen molar-refractivity contribution in [3.05, 3.63) is 21.5 Å². The van der Waals surface area contributed by atoms with Gasteiger partial charge in [-0.25, -0.2) is 0 Å². The van der Waals surface area contributed by atoms with Gasteiger partial charge in [0.2, 0.25) is 5.91 Å². The van der Waals surface area contributed by atoms with Crippen LogP contribution in [0.3, 0.4) is 0 Å². The van der Waals surface area contributed by atoms with Crippen LogP contribution in [0.2, 0.25) is 0 Å². The number of carbonyl (C=O) groups excluding carboxylic acids is 1. The van der Waals surface area contributed by atoms with Crippen molar-refractivity contribution < 1.29 is 14.8 Å². The molecule has 0 aromatic carbocycles. The number of piperidine rings is 1. The number of nitrogens with zero attached hydrogens (tertiary/aromatic N) is 4. The molecule has 0 aliphatic carbocycles. The Hall–Kier alpha value is -1.96. The van der Waals surface area contributed by atoms with Crippen LogP contribution < -0.4 is 0 Å². The third kappa shape index (κ3) is 3.27. The number of likely N-dealkylation sites (tertiary alicyclic amines) is 1. The van der Waals surface area contributed by atoms with Crippen molar-refractivity contribution in [2.45, 2.75) is 46.3 Å². The molecule has 8 nitrogen and oxygen atoms in total. The van der Waals surface area contributed by atoms with Gasteiger partial charge < -0.3 is 10.0 Å². The van der Waals surface area contributed by atoms with Crippen LogP contribution in [0.25, 0.3) is 0 Å². The van der Waals surface area contributed by atoms with Crippen molar-refractivity contribution in [2.24, 2.45) is 5.92 Å². The molecule has 0 radical (unpaired) electrons. The number of aryl methyl sites for hydroxylation is 2. The van der Waals surface area contributed by atoms with Crippen molar-refractivity contribution in [3.63, 3.8) is 0 Å². The Bertz CT molecular complexity index is 584. The summed E-state index contributed by atoms with van der Waals surface area (Å²) in [6.07, 6.45) is 0.533. The summed E-state index contributed by atoms with van der Waals surface area (Å²) in [5.74, 6) is 0.156. The van der Waals surface area contributed by atoms with Gasteiger partial charge in [0, 0.05) is 19.5 Å². The van der Waals surface area contributed by atoms with Gasteiger partial charge in [-0.15, -0.1) is 0 Å². The number of hydrogen-bond acceptors (Lipinski definition) is 5. The topological polar surface area (TPSA) is 102 Å². The van der Waals surface area contributed by atoms with Crippen molar-refractivity contribution >= 4 is 11.6 Å². The largest absolute Gasteiger partial charge is 0.391 e. The van der Waals surface area contributed by atoms with Gasteiger partial charge >= 0.3 is 5.69 Å². The van der Waals surface area contributed by atoms with Crippen molar-refractivity contribution in [3.8, 4) is 0 Å². The van der Waals surface area contributed by atoms with Crippen molar-refractivity contribution in [1.29, 1.82) is 0 Å². The van der Waals surface area contributed by atoms with Crippen LogP contribution in [0.15, 0.2) is 0 Å². The molecule has 1 saturated heterocycles. The summed E-state index contributed by atoms with van der Waals surface area (Å²) >= 11 is 0. The van der Waals surface area contributed by atoms with Crippen LogP contribution in [0.5, 0.6) is 0 Å². The summed E-state index contributed by atoms with van der Waals surface area (Å²) in [7, 11) is 0. The molecule has 2 unspecified atom stereocenters. The Labute approximate surface area is 128 Å². The van der Waals surface area contributed by atoms with E-state index in [9.17, 15) is 20.0 Å². The quantitative estimate of drug-likeness (QED) is 0.661. The molecule has 22 heavy (non-hydrogen) atoms. The molecule has 1 aromatic rings. The highest BCUT2D eigenvalue weighted by Gasteiger charge is 2.27. The number of aliphatic hydroxyl groups is 1. The summed E-state index contributed by atoms with van der Waals surface area (Å²) < 4.78 is 1.51. The Balaban J connectivity index is 1.97. The van der Waals surface area contributed by atoms with E-state index in [0.29, 0.717) is 31.0 Å². The number of nitro groups is 1. The molecule has 1 aromatic heterocycles. The zero-order valence-corrected chi connectivity index (χ0v) is 13.2. The lowest BCUT2D eigenvalue weighted by molar-refractivity contribution is -0.386. The summed E-state index contributed by atoms with van der Waals surface area (Å²) in [5, 5.41) is 24.9. The Morgan fingerprint density at radius 2 is 2.18 bits per heavy atom. The predicted octanol–water partition coefficient (Wildman–Crippen LogP) is 1.03. The Morgan fingerprint density at radius 3 is 2.73 bits per heavy atom. The smallest absolute Gasteiger partial charge is 0.312 e. The van der Waals surface area contributed by atoms with E-state index >= 15 is 0 Å². The first-order chi connectivity index (χ1) is 10.3.